The van der Waals surface area contributed by atoms with Gasteiger partial charge < -0.3 is 21.1 Å². The maximum Gasteiger partial charge on any atom is 0.321 e. The molecule has 1 aromatic carbocycles. The molecule has 0 aliphatic rings. The molecule has 1 aromatic rings. The van der Waals surface area contributed by atoms with E-state index < -0.39 is 11.9 Å². The lowest BCUT2D eigenvalue weighted by Crippen LogP contribution is -2.36. The summed E-state index contributed by atoms with van der Waals surface area (Å²) in [6.45, 7) is 2.30. The van der Waals surface area contributed by atoms with E-state index in [2.05, 4.69) is 5.32 Å². The number of nitrogens with zero attached hydrogens (tertiary/aromatic N) is 1. The van der Waals surface area contributed by atoms with Gasteiger partial charge in [-0.05, 0) is 31.2 Å². The van der Waals surface area contributed by atoms with Gasteiger partial charge in [0, 0.05) is 24.3 Å². The van der Waals surface area contributed by atoms with Gasteiger partial charge in [-0.15, -0.1) is 0 Å². The third-order valence-corrected chi connectivity index (χ3v) is 2.69. The number of amides is 3. The topological polar surface area (TPSA) is 113 Å². The van der Waals surface area contributed by atoms with Gasteiger partial charge >= 0.3 is 12.0 Å². The maximum absolute atomic E-state index is 11.9. The van der Waals surface area contributed by atoms with Crippen molar-refractivity contribution in [3.63, 3.8) is 0 Å². The number of hydrogen-bond donors (Lipinski definition) is 3. The van der Waals surface area contributed by atoms with Crippen molar-refractivity contribution in [1.82, 2.24) is 4.90 Å². The van der Waals surface area contributed by atoms with Gasteiger partial charge in [-0.25, -0.2) is 4.79 Å². The largest absolute Gasteiger partial charge is 0.481 e. The second kappa shape index (κ2) is 7.13. The minimum Gasteiger partial charge on any atom is -0.481 e. The molecule has 0 aromatic heterocycles. The normalized spacial score (nSPS) is 9.85. The zero-order valence-electron chi connectivity index (χ0n) is 11.1. The molecule has 7 heteroatoms. The van der Waals surface area contributed by atoms with Crippen molar-refractivity contribution in [2.24, 2.45) is 5.73 Å². The van der Waals surface area contributed by atoms with E-state index >= 15 is 0 Å². The summed E-state index contributed by atoms with van der Waals surface area (Å²) >= 11 is 0. The number of carbonyl (C=O) groups excluding carboxylic acids is 2. The van der Waals surface area contributed by atoms with Gasteiger partial charge in [-0.3, -0.25) is 9.59 Å². The molecular weight excluding hydrogens is 262 g/mol. The van der Waals surface area contributed by atoms with Crippen molar-refractivity contribution in [3.8, 4) is 0 Å². The molecule has 0 heterocycles. The van der Waals surface area contributed by atoms with Gasteiger partial charge in [-0.2, -0.15) is 0 Å². The molecule has 0 atom stereocenters. The molecule has 0 radical (unpaired) electrons. The Balaban J connectivity index is 2.63. The molecule has 20 heavy (non-hydrogen) atoms. The first-order valence-electron chi connectivity index (χ1n) is 6.11. The quantitative estimate of drug-likeness (QED) is 0.724. The number of rotatable bonds is 6. The molecule has 0 unspecified atom stereocenters. The van der Waals surface area contributed by atoms with Gasteiger partial charge in [0.15, 0.2) is 0 Å². The van der Waals surface area contributed by atoms with Gasteiger partial charge in [-0.1, -0.05) is 0 Å². The fourth-order valence-corrected chi connectivity index (χ4v) is 1.55. The molecule has 0 spiro atoms. The van der Waals surface area contributed by atoms with E-state index in [0.29, 0.717) is 17.8 Å². The maximum atomic E-state index is 11.9. The number of hydrogen-bond acceptors (Lipinski definition) is 3. The third kappa shape index (κ3) is 4.60. The van der Waals surface area contributed by atoms with Crippen molar-refractivity contribution in [2.45, 2.75) is 13.3 Å². The minimum atomic E-state index is -0.956. The molecule has 0 saturated carbocycles. The van der Waals surface area contributed by atoms with Gasteiger partial charge in [0.1, 0.15) is 0 Å². The molecule has 7 nitrogen and oxygen atoms in total. The van der Waals surface area contributed by atoms with Crippen molar-refractivity contribution in [2.75, 3.05) is 18.4 Å². The average molecular weight is 279 g/mol. The molecule has 4 N–H and O–H groups in total. The molecule has 1 rings (SSSR count). The molecule has 0 bridgehead atoms. The SMILES string of the molecule is CCN(CCC(=O)O)C(=O)Nc1ccc(C(N)=O)cc1. The molecule has 0 saturated heterocycles. The molecule has 0 fully saturated rings. The van der Waals surface area contributed by atoms with Gasteiger partial charge in [0.05, 0.1) is 6.42 Å². The predicted molar refractivity (Wildman–Crippen MR) is 73.5 cm³/mol. The number of carboxylic acids is 1. The van der Waals surface area contributed by atoms with Crippen molar-refractivity contribution >= 4 is 23.6 Å². The van der Waals surface area contributed by atoms with Crippen LogP contribution in [0.4, 0.5) is 10.5 Å². The molecule has 0 aliphatic carbocycles. The zero-order valence-corrected chi connectivity index (χ0v) is 11.1. The summed E-state index contributed by atoms with van der Waals surface area (Å²) < 4.78 is 0. The minimum absolute atomic E-state index is 0.109. The fourth-order valence-electron chi connectivity index (χ4n) is 1.55. The van der Waals surface area contributed by atoms with E-state index in [4.69, 9.17) is 10.8 Å². The van der Waals surface area contributed by atoms with E-state index in [9.17, 15) is 14.4 Å². The van der Waals surface area contributed by atoms with Crippen LogP contribution in [0.25, 0.3) is 0 Å². The van der Waals surface area contributed by atoms with E-state index in [1.54, 1.807) is 19.1 Å². The first-order chi connectivity index (χ1) is 9.43. The van der Waals surface area contributed by atoms with Crippen molar-refractivity contribution < 1.29 is 19.5 Å². The van der Waals surface area contributed by atoms with E-state index in [-0.39, 0.29) is 19.0 Å². The fraction of sp³-hybridized carbons (Fsp3) is 0.308. The zero-order chi connectivity index (χ0) is 15.1. The van der Waals surface area contributed by atoms with Crippen molar-refractivity contribution in [1.29, 1.82) is 0 Å². The summed E-state index contributed by atoms with van der Waals surface area (Å²) in [7, 11) is 0. The summed E-state index contributed by atoms with van der Waals surface area (Å²) in [5.41, 5.74) is 5.97. The first kappa shape index (κ1) is 15.5. The highest BCUT2D eigenvalue weighted by Gasteiger charge is 2.13. The number of primary amides is 1. The number of nitrogens with one attached hydrogen (secondary N) is 1. The Labute approximate surface area is 116 Å². The number of anilines is 1. The van der Waals surface area contributed by atoms with E-state index in [1.165, 1.54) is 17.0 Å². The number of nitrogens with two attached hydrogens (primary N) is 1. The lowest BCUT2D eigenvalue weighted by atomic mass is 10.2. The van der Waals surface area contributed by atoms with E-state index in [0.717, 1.165) is 0 Å². The van der Waals surface area contributed by atoms with Gasteiger partial charge in [0.2, 0.25) is 5.91 Å². The molecule has 3 amide bonds. The molecule has 0 aliphatic heterocycles. The third-order valence-electron chi connectivity index (χ3n) is 2.69. The van der Waals surface area contributed by atoms with Crippen LogP contribution in [-0.2, 0) is 4.79 Å². The summed E-state index contributed by atoms with van der Waals surface area (Å²) in [5.74, 6) is -1.50. The first-order valence-corrected chi connectivity index (χ1v) is 6.11. The monoisotopic (exact) mass is 279 g/mol. The van der Waals surface area contributed by atoms with Crippen molar-refractivity contribution in [3.05, 3.63) is 29.8 Å². The Bertz CT molecular complexity index is 499. The highest BCUT2D eigenvalue weighted by molar-refractivity contribution is 5.94. The smallest absolute Gasteiger partial charge is 0.321 e. The summed E-state index contributed by atoms with van der Waals surface area (Å²) in [6, 6.07) is 5.74. The second-order valence-corrected chi connectivity index (χ2v) is 4.10. The van der Waals surface area contributed by atoms with E-state index in [1.807, 2.05) is 0 Å². The number of urea groups is 1. The van der Waals surface area contributed by atoms with Crippen LogP contribution < -0.4 is 11.1 Å². The Kier molecular flexibility index (Phi) is 5.52. The van der Waals surface area contributed by atoms with Crippen LogP contribution in [-0.4, -0.2) is 41.0 Å². The number of carboxylic acid groups (broad SMARTS) is 1. The Morgan fingerprint density at radius 1 is 1.25 bits per heavy atom. The van der Waals surface area contributed by atoms with Gasteiger partial charge in [0.25, 0.3) is 0 Å². The van der Waals surface area contributed by atoms with Crippen LogP contribution in [0.5, 0.6) is 0 Å². The highest BCUT2D eigenvalue weighted by atomic mass is 16.4. The summed E-state index contributed by atoms with van der Waals surface area (Å²) in [4.78, 5) is 34.7. The Morgan fingerprint density at radius 3 is 2.30 bits per heavy atom. The average Bonchev–Trinajstić information content (AvgIpc) is 2.39. The van der Waals surface area contributed by atoms with Crippen LogP contribution in [0.3, 0.4) is 0 Å². The van der Waals surface area contributed by atoms with Crippen LogP contribution in [0.15, 0.2) is 24.3 Å². The standard InChI is InChI=1S/C13H17N3O4/c1-2-16(8-7-11(17)18)13(20)15-10-5-3-9(4-6-10)12(14)19/h3-6H,2,7-8H2,1H3,(H2,14,19)(H,15,20)(H,17,18). The highest BCUT2D eigenvalue weighted by Crippen LogP contribution is 2.10. The molecule has 108 valence electrons. The Morgan fingerprint density at radius 2 is 1.85 bits per heavy atom. The lowest BCUT2D eigenvalue weighted by Gasteiger charge is -2.20. The van der Waals surface area contributed by atoms with Crippen LogP contribution >= 0.6 is 0 Å². The molecular formula is C13H17N3O4. The van der Waals surface area contributed by atoms with Crippen LogP contribution in [0.2, 0.25) is 0 Å². The van der Waals surface area contributed by atoms with Crippen LogP contribution in [0, 0.1) is 0 Å². The number of benzene rings is 1. The Hall–Kier alpha value is -2.57. The summed E-state index contributed by atoms with van der Waals surface area (Å²) in [6.07, 6.45) is -0.109. The lowest BCUT2D eigenvalue weighted by molar-refractivity contribution is -0.137. The predicted octanol–water partition coefficient (Wildman–Crippen LogP) is 1.11. The second-order valence-electron chi connectivity index (χ2n) is 4.10. The summed E-state index contributed by atoms with van der Waals surface area (Å²) in [5, 5.41) is 11.2. The van der Waals surface area contributed by atoms with Crippen LogP contribution in [0.1, 0.15) is 23.7 Å². The number of carbonyl (C=O) groups is 3. The number of aliphatic carboxylic acids is 1.